The van der Waals surface area contributed by atoms with Gasteiger partial charge in [-0.05, 0) is 12.1 Å². The zero-order valence-corrected chi connectivity index (χ0v) is 11.2. The zero-order chi connectivity index (χ0) is 14.5. The molecule has 2 heterocycles. The van der Waals surface area contributed by atoms with Crippen molar-refractivity contribution in [3.8, 4) is 0 Å². The summed E-state index contributed by atoms with van der Waals surface area (Å²) in [4.78, 5) is 30.2. The van der Waals surface area contributed by atoms with Crippen LogP contribution >= 0.6 is 11.3 Å². The summed E-state index contributed by atoms with van der Waals surface area (Å²) in [6, 6.07) is 3.17. The van der Waals surface area contributed by atoms with Crippen molar-refractivity contribution in [1.29, 1.82) is 0 Å². The minimum atomic E-state index is -0.949. The van der Waals surface area contributed by atoms with Crippen molar-refractivity contribution in [3.05, 3.63) is 35.1 Å². The number of nitrogens with zero attached hydrogens (tertiary/aromatic N) is 2. The maximum Gasteiger partial charge on any atom is 0.309 e. The molecule has 8 heteroatoms. The summed E-state index contributed by atoms with van der Waals surface area (Å²) in [5, 5.41) is 13.4. The topological polar surface area (TPSA) is 118 Å². The van der Waals surface area contributed by atoms with Gasteiger partial charge in [-0.25, -0.2) is 4.98 Å². The molecule has 0 atom stereocenters. The largest absolute Gasteiger partial charge is 0.481 e. The van der Waals surface area contributed by atoms with Crippen LogP contribution in [-0.4, -0.2) is 27.0 Å². The third-order valence-electron chi connectivity index (χ3n) is 2.35. The van der Waals surface area contributed by atoms with Crippen LogP contribution in [0.4, 0.5) is 10.8 Å². The number of carboxylic acids is 1. The number of nitrogen functional groups attached to an aromatic ring is 1. The summed E-state index contributed by atoms with van der Waals surface area (Å²) in [5.41, 5.74) is 7.03. The zero-order valence-electron chi connectivity index (χ0n) is 10.4. The predicted molar refractivity (Wildman–Crippen MR) is 74.4 cm³/mol. The van der Waals surface area contributed by atoms with Crippen LogP contribution in [-0.2, 0) is 22.4 Å². The molecule has 0 bridgehead atoms. The Balaban J connectivity index is 1.92. The maximum atomic E-state index is 11.7. The van der Waals surface area contributed by atoms with Gasteiger partial charge in [-0.3, -0.25) is 14.6 Å². The smallest absolute Gasteiger partial charge is 0.309 e. The van der Waals surface area contributed by atoms with Crippen molar-refractivity contribution in [3.63, 3.8) is 0 Å². The van der Waals surface area contributed by atoms with Crippen LogP contribution < -0.4 is 11.1 Å². The lowest BCUT2D eigenvalue weighted by Crippen LogP contribution is -2.15. The van der Waals surface area contributed by atoms with Crippen molar-refractivity contribution in [2.24, 2.45) is 0 Å². The fourth-order valence-corrected chi connectivity index (χ4v) is 2.09. The number of nitrogens with two attached hydrogens (primary N) is 1. The van der Waals surface area contributed by atoms with Gasteiger partial charge >= 0.3 is 5.97 Å². The lowest BCUT2D eigenvalue weighted by atomic mass is 10.2. The highest BCUT2D eigenvalue weighted by Gasteiger charge is 2.08. The highest BCUT2D eigenvalue weighted by atomic mass is 32.1. The number of hydrogen-bond donors (Lipinski definition) is 3. The number of rotatable bonds is 5. The number of nitrogens with one attached hydrogen (secondary N) is 1. The average Bonchev–Trinajstić information content (AvgIpc) is 2.76. The highest BCUT2D eigenvalue weighted by molar-refractivity contribution is 7.13. The van der Waals surface area contributed by atoms with E-state index in [1.165, 1.54) is 17.5 Å². The molecule has 2 aromatic rings. The molecule has 104 valence electrons. The van der Waals surface area contributed by atoms with E-state index in [1.807, 2.05) is 0 Å². The lowest BCUT2D eigenvalue weighted by molar-refractivity contribution is -0.136. The molecule has 0 unspecified atom stereocenters. The first kappa shape index (κ1) is 13.9. The van der Waals surface area contributed by atoms with Crippen LogP contribution in [0, 0.1) is 0 Å². The van der Waals surface area contributed by atoms with Crippen molar-refractivity contribution in [2.45, 2.75) is 12.8 Å². The fourth-order valence-electron chi connectivity index (χ4n) is 1.53. The number of aromatic nitrogens is 2. The Kier molecular flexibility index (Phi) is 4.26. The molecule has 0 aromatic carbocycles. The number of amides is 1. The van der Waals surface area contributed by atoms with Crippen LogP contribution in [0.1, 0.15) is 11.4 Å². The van der Waals surface area contributed by atoms with Gasteiger partial charge in [0.05, 0.1) is 36.1 Å². The molecule has 0 fully saturated rings. The number of hydrogen-bond acceptors (Lipinski definition) is 6. The van der Waals surface area contributed by atoms with Crippen LogP contribution in [0.15, 0.2) is 23.7 Å². The highest BCUT2D eigenvalue weighted by Crippen LogP contribution is 2.12. The Morgan fingerprint density at radius 2 is 2.10 bits per heavy atom. The third kappa shape index (κ3) is 4.02. The minimum absolute atomic E-state index is 0.130. The second kappa shape index (κ2) is 6.11. The van der Waals surface area contributed by atoms with Gasteiger partial charge in [0.15, 0.2) is 5.13 Å². The molecule has 4 N–H and O–H groups in total. The molecule has 20 heavy (non-hydrogen) atoms. The summed E-state index contributed by atoms with van der Waals surface area (Å²) in [6.07, 6.45) is 1.41. The Labute approximate surface area is 118 Å². The van der Waals surface area contributed by atoms with Crippen molar-refractivity contribution < 1.29 is 14.7 Å². The summed E-state index contributed by atoms with van der Waals surface area (Å²) >= 11 is 1.28. The summed E-state index contributed by atoms with van der Waals surface area (Å²) in [6.45, 7) is 0. The van der Waals surface area contributed by atoms with Crippen LogP contribution in [0.2, 0.25) is 0 Å². The second-order valence-electron chi connectivity index (χ2n) is 4.01. The third-order valence-corrected chi connectivity index (χ3v) is 3.07. The van der Waals surface area contributed by atoms with Gasteiger partial charge in [-0.2, -0.15) is 0 Å². The first-order valence-corrected chi connectivity index (χ1v) is 6.57. The van der Waals surface area contributed by atoms with Crippen LogP contribution in [0.3, 0.4) is 0 Å². The molecular weight excluding hydrogens is 280 g/mol. The van der Waals surface area contributed by atoms with Gasteiger partial charge in [-0.15, -0.1) is 11.3 Å². The van der Waals surface area contributed by atoms with Gasteiger partial charge in [0.1, 0.15) is 0 Å². The quantitative estimate of drug-likeness (QED) is 0.754. The number of anilines is 2. The van der Waals surface area contributed by atoms with E-state index in [-0.39, 0.29) is 18.7 Å². The second-order valence-corrected chi connectivity index (χ2v) is 4.90. The average molecular weight is 292 g/mol. The van der Waals surface area contributed by atoms with E-state index in [0.29, 0.717) is 22.2 Å². The SMILES string of the molecule is Nc1nc(CC(=O)Nc2ccc(CC(=O)O)nc2)cs1. The summed E-state index contributed by atoms with van der Waals surface area (Å²) in [7, 11) is 0. The van der Waals surface area contributed by atoms with E-state index in [1.54, 1.807) is 17.5 Å². The molecule has 0 saturated heterocycles. The number of carbonyl (C=O) groups excluding carboxylic acids is 1. The standard InChI is InChI=1S/C12H12N4O3S/c13-12-16-9(6-20-12)3-10(17)15-8-2-1-7(14-5-8)4-11(18)19/h1-2,5-6H,3-4H2,(H2,13,16)(H,15,17)(H,18,19). The van der Waals surface area contributed by atoms with E-state index in [0.717, 1.165) is 0 Å². The maximum absolute atomic E-state index is 11.7. The van der Waals surface area contributed by atoms with Crippen LogP contribution in [0.5, 0.6) is 0 Å². The Hall–Kier alpha value is -2.48. The molecule has 2 rings (SSSR count). The molecule has 0 saturated carbocycles. The van der Waals surface area contributed by atoms with E-state index in [2.05, 4.69) is 15.3 Å². The Morgan fingerprint density at radius 3 is 2.65 bits per heavy atom. The number of carbonyl (C=O) groups is 2. The van der Waals surface area contributed by atoms with Gasteiger partial charge in [0, 0.05) is 5.38 Å². The normalized spacial score (nSPS) is 10.2. The van der Waals surface area contributed by atoms with E-state index < -0.39 is 5.97 Å². The number of aliphatic carboxylic acids is 1. The predicted octanol–water partition coefficient (Wildman–Crippen LogP) is 0.929. The molecule has 0 spiro atoms. The van der Waals surface area contributed by atoms with Gasteiger partial charge in [-0.1, -0.05) is 0 Å². The van der Waals surface area contributed by atoms with Crippen molar-refractivity contribution in [2.75, 3.05) is 11.1 Å². The molecule has 7 nitrogen and oxygen atoms in total. The molecule has 0 aliphatic rings. The van der Waals surface area contributed by atoms with Gasteiger partial charge in [0.25, 0.3) is 0 Å². The van der Waals surface area contributed by atoms with E-state index in [4.69, 9.17) is 10.8 Å². The van der Waals surface area contributed by atoms with Gasteiger partial charge < -0.3 is 16.2 Å². The Morgan fingerprint density at radius 1 is 1.30 bits per heavy atom. The summed E-state index contributed by atoms with van der Waals surface area (Å²) in [5.74, 6) is -1.18. The molecule has 0 radical (unpaired) electrons. The molecule has 2 aromatic heterocycles. The Bertz CT molecular complexity index is 624. The first-order chi connectivity index (χ1) is 9.52. The number of thiazole rings is 1. The molecule has 0 aliphatic carbocycles. The van der Waals surface area contributed by atoms with E-state index >= 15 is 0 Å². The number of carboxylic acid groups (broad SMARTS) is 1. The molecular formula is C12H12N4O3S. The first-order valence-electron chi connectivity index (χ1n) is 5.69. The summed E-state index contributed by atoms with van der Waals surface area (Å²) < 4.78 is 0. The monoisotopic (exact) mass is 292 g/mol. The van der Waals surface area contributed by atoms with Gasteiger partial charge in [0.2, 0.25) is 5.91 Å². The molecule has 0 aliphatic heterocycles. The van der Waals surface area contributed by atoms with E-state index in [9.17, 15) is 9.59 Å². The van der Waals surface area contributed by atoms with Crippen molar-refractivity contribution in [1.82, 2.24) is 9.97 Å². The molecule has 1 amide bonds. The fraction of sp³-hybridized carbons (Fsp3) is 0.167. The minimum Gasteiger partial charge on any atom is -0.481 e. The van der Waals surface area contributed by atoms with Crippen molar-refractivity contribution >= 4 is 34.0 Å². The van der Waals surface area contributed by atoms with Crippen LogP contribution in [0.25, 0.3) is 0 Å². The number of pyridine rings is 1. The lowest BCUT2D eigenvalue weighted by Gasteiger charge is -2.04.